The van der Waals surface area contributed by atoms with Crippen LogP contribution in [0.15, 0.2) is 52.0 Å². The van der Waals surface area contributed by atoms with Gasteiger partial charge in [0.2, 0.25) is 10.0 Å². The maximum absolute atomic E-state index is 12.4. The van der Waals surface area contributed by atoms with E-state index in [4.69, 9.17) is 9.15 Å². The maximum atomic E-state index is 12.4. The van der Waals surface area contributed by atoms with Gasteiger partial charge >= 0.3 is 5.97 Å². The van der Waals surface area contributed by atoms with E-state index >= 15 is 0 Å². The van der Waals surface area contributed by atoms with Crippen molar-refractivity contribution in [1.29, 1.82) is 0 Å². The molecule has 1 aromatic carbocycles. The van der Waals surface area contributed by atoms with Gasteiger partial charge < -0.3 is 14.1 Å². The van der Waals surface area contributed by atoms with Gasteiger partial charge in [-0.3, -0.25) is 4.79 Å². The van der Waals surface area contributed by atoms with Crippen molar-refractivity contribution in [1.82, 2.24) is 9.62 Å². The number of sulfonamides is 1. The lowest BCUT2D eigenvalue weighted by Gasteiger charge is -2.17. The quantitative estimate of drug-likeness (QED) is 0.728. The lowest BCUT2D eigenvalue weighted by Crippen LogP contribution is -2.34. The summed E-state index contributed by atoms with van der Waals surface area (Å²) in [6, 6.07) is 8.68. The molecule has 140 valence electrons. The number of ether oxygens (including phenoxy) is 1. The number of likely N-dealkylation sites (N-methyl/N-ethyl adjacent to an activating group) is 1. The van der Waals surface area contributed by atoms with Gasteiger partial charge in [-0.05, 0) is 37.3 Å². The van der Waals surface area contributed by atoms with Crippen molar-refractivity contribution >= 4 is 21.9 Å². The van der Waals surface area contributed by atoms with E-state index in [-0.39, 0.29) is 22.9 Å². The zero-order valence-corrected chi connectivity index (χ0v) is 15.4. The number of nitrogens with one attached hydrogen (secondary N) is 1. The second-order valence-electron chi connectivity index (χ2n) is 5.71. The van der Waals surface area contributed by atoms with Gasteiger partial charge in [-0.2, -0.15) is 0 Å². The predicted octanol–water partition coefficient (Wildman–Crippen LogP) is 1.39. The fourth-order valence-corrected chi connectivity index (χ4v) is 3.13. The van der Waals surface area contributed by atoms with Crippen LogP contribution < -0.4 is 4.72 Å². The van der Waals surface area contributed by atoms with E-state index in [9.17, 15) is 18.0 Å². The van der Waals surface area contributed by atoms with Crippen LogP contribution in [0, 0.1) is 0 Å². The monoisotopic (exact) mass is 380 g/mol. The van der Waals surface area contributed by atoms with Crippen LogP contribution in [0.25, 0.3) is 0 Å². The average Bonchev–Trinajstić information content (AvgIpc) is 3.13. The molecule has 1 heterocycles. The largest absolute Gasteiger partial charge is 0.468 e. The van der Waals surface area contributed by atoms with E-state index in [0.717, 1.165) is 0 Å². The molecule has 0 saturated heterocycles. The number of amides is 1. The summed E-state index contributed by atoms with van der Waals surface area (Å²) in [5, 5.41) is 0. The molecule has 0 aliphatic heterocycles. The van der Waals surface area contributed by atoms with Crippen LogP contribution in [-0.2, 0) is 26.1 Å². The van der Waals surface area contributed by atoms with Crippen molar-refractivity contribution in [2.75, 3.05) is 14.1 Å². The van der Waals surface area contributed by atoms with Gasteiger partial charge in [0, 0.05) is 14.1 Å². The van der Waals surface area contributed by atoms with Gasteiger partial charge in [-0.1, -0.05) is 6.07 Å². The number of carbonyl (C=O) groups is 2. The summed E-state index contributed by atoms with van der Waals surface area (Å²) in [4.78, 5) is 25.2. The third-order valence-corrected chi connectivity index (χ3v) is 4.87. The third kappa shape index (κ3) is 4.93. The molecule has 0 aliphatic rings. The highest BCUT2D eigenvalue weighted by Crippen LogP contribution is 2.14. The number of hydrogen-bond donors (Lipinski definition) is 1. The van der Waals surface area contributed by atoms with Crippen molar-refractivity contribution in [3.63, 3.8) is 0 Å². The molecule has 1 aromatic heterocycles. The highest BCUT2D eigenvalue weighted by molar-refractivity contribution is 7.89. The molecule has 0 radical (unpaired) electrons. The van der Waals surface area contributed by atoms with E-state index in [1.54, 1.807) is 26.2 Å². The number of rotatable bonds is 7. The summed E-state index contributed by atoms with van der Waals surface area (Å²) in [6.45, 7) is 1.43. The highest BCUT2D eigenvalue weighted by atomic mass is 32.2. The number of furan rings is 1. The second kappa shape index (κ2) is 8.15. The van der Waals surface area contributed by atoms with Crippen LogP contribution in [-0.4, -0.2) is 45.4 Å². The molecule has 26 heavy (non-hydrogen) atoms. The molecule has 0 saturated carbocycles. The number of benzene rings is 1. The van der Waals surface area contributed by atoms with E-state index in [1.807, 2.05) is 0 Å². The van der Waals surface area contributed by atoms with Gasteiger partial charge in [0.05, 0.1) is 23.3 Å². The first-order valence-corrected chi connectivity index (χ1v) is 9.23. The molecule has 0 spiro atoms. The first-order valence-electron chi connectivity index (χ1n) is 7.75. The van der Waals surface area contributed by atoms with Crippen LogP contribution in [0.4, 0.5) is 0 Å². The minimum Gasteiger partial charge on any atom is -0.468 e. The van der Waals surface area contributed by atoms with Crippen LogP contribution in [0.2, 0.25) is 0 Å². The normalized spacial score (nSPS) is 12.4. The smallest absolute Gasteiger partial charge is 0.338 e. The topological polar surface area (TPSA) is 106 Å². The molecular weight excluding hydrogens is 360 g/mol. The van der Waals surface area contributed by atoms with Gasteiger partial charge in [0.1, 0.15) is 5.76 Å². The van der Waals surface area contributed by atoms with Crippen LogP contribution in [0.5, 0.6) is 0 Å². The molecule has 1 atom stereocenters. The van der Waals surface area contributed by atoms with Gasteiger partial charge in [-0.15, -0.1) is 0 Å². The molecular formula is C17H20N2O6S. The summed E-state index contributed by atoms with van der Waals surface area (Å²) >= 11 is 0. The van der Waals surface area contributed by atoms with Crippen molar-refractivity contribution in [2.45, 2.75) is 24.5 Å². The minimum atomic E-state index is -3.84. The van der Waals surface area contributed by atoms with Gasteiger partial charge in [-0.25, -0.2) is 17.9 Å². The lowest BCUT2D eigenvalue weighted by molar-refractivity contribution is -0.137. The van der Waals surface area contributed by atoms with Crippen molar-refractivity contribution in [3.05, 3.63) is 54.0 Å². The highest BCUT2D eigenvalue weighted by Gasteiger charge is 2.22. The Kier molecular flexibility index (Phi) is 6.17. The molecule has 0 bridgehead atoms. The van der Waals surface area contributed by atoms with Crippen LogP contribution >= 0.6 is 0 Å². The zero-order valence-electron chi connectivity index (χ0n) is 14.6. The summed E-state index contributed by atoms with van der Waals surface area (Å²) in [5.74, 6) is -0.696. The summed E-state index contributed by atoms with van der Waals surface area (Å²) in [7, 11) is -0.751. The van der Waals surface area contributed by atoms with Crippen molar-refractivity contribution in [2.24, 2.45) is 0 Å². The SMILES string of the molecule is C[C@H](OC(=O)c1cccc(S(=O)(=O)NCc2ccco2)c1)C(=O)N(C)C. The van der Waals surface area contributed by atoms with Gasteiger partial charge in [0.15, 0.2) is 6.10 Å². The molecule has 0 unspecified atom stereocenters. The van der Waals surface area contributed by atoms with Crippen molar-refractivity contribution in [3.8, 4) is 0 Å². The molecule has 8 nitrogen and oxygen atoms in total. The van der Waals surface area contributed by atoms with E-state index in [0.29, 0.717) is 5.76 Å². The number of hydrogen-bond acceptors (Lipinski definition) is 6. The second-order valence-corrected chi connectivity index (χ2v) is 7.48. The standard InChI is InChI=1S/C17H20N2O6S/c1-12(16(20)19(2)3)25-17(21)13-6-4-8-15(10-13)26(22,23)18-11-14-7-5-9-24-14/h4-10,12,18H,11H2,1-3H3/t12-/m0/s1. The summed E-state index contributed by atoms with van der Waals surface area (Å²) in [6.07, 6.45) is 0.464. The fraction of sp³-hybridized carbons (Fsp3) is 0.294. The number of esters is 1. The fourth-order valence-electron chi connectivity index (χ4n) is 2.10. The molecule has 2 rings (SSSR count). The van der Waals surface area contributed by atoms with Gasteiger partial charge in [0.25, 0.3) is 5.91 Å². The maximum Gasteiger partial charge on any atom is 0.338 e. The molecule has 9 heteroatoms. The third-order valence-electron chi connectivity index (χ3n) is 3.47. The number of nitrogens with zero attached hydrogens (tertiary/aromatic N) is 1. The Hall–Kier alpha value is -2.65. The Morgan fingerprint density at radius 2 is 1.96 bits per heavy atom. The van der Waals surface area contributed by atoms with Crippen molar-refractivity contribution < 1.29 is 27.2 Å². The Morgan fingerprint density at radius 1 is 1.23 bits per heavy atom. The first kappa shape index (κ1) is 19.7. The van der Waals surface area contributed by atoms with E-state index in [2.05, 4.69) is 4.72 Å². The number of carbonyl (C=O) groups excluding carboxylic acids is 2. The molecule has 0 aliphatic carbocycles. The zero-order chi connectivity index (χ0) is 19.3. The summed E-state index contributed by atoms with van der Waals surface area (Å²) < 4.78 is 37.3. The Balaban J connectivity index is 2.11. The van der Waals surface area contributed by atoms with E-state index < -0.39 is 22.1 Å². The Bertz CT molecular complexity index is 874. The lowest BCUT2D eigenvalue weighted by atomic mass is 10.2. The molecule has 0 fully saturated rings. The Morgan fingerprint density at radius 3 is 2.58 bits per heavy atom. The molecule has 2 aromatic rings. The average molecular weight is 380 g/mol. The minimum absolute atomic E-state index is 0.0155. The van der Waals surface area contributed by atoms with Crippen LogP contribution in [0.1, 0.15) is 23.0 Å². The first-order chi connectivity index (χ1) is 12.2. The molecule has 1 N–H and O–H groups in total. The summed E-state index contributed by atoms with van der Waals surface area (Å²) in [5.41, 5.74) is 0.0317. The molecule has 1 amide bonds. The van der Waals surface area contributed by atoms with E-state index in [1.165, 1.54) is 42.4 Å². The Labute approximate surface area is 151 Å². The predicted molar refractivity (Wildman–Crippen MR) is 92.7 cm³/mol. The van der Waals surface area contributed by atoms with Crippen LogP contribution in [0.3, 0.4) is 0 Å².